The second-order valence-electron chi connectivity index (χ2n) is 7.35. The molecule has 142 valence electrons. The fourth-order valence-corrected chi connectivity index (χ4v) is 4.10. The van der Waals surface area contributed by atoms with Crippen molar-refractivity contribution in [3.8, 4) is 5.75 Å². The van der Waals surface area contributed by atoms with Gasteiger partial charge in [-0.3, -0.25) is 4.79 Å². The molecule has 4 nitrogen and oxygen atoms in total. The molecule has 0 spiro atoms. The Kier molecular flexibility index (Phi) is 5.26. The first-order chi connectivity index (χ1) is 13.2. The van der Waals surface area contributed by atoms with E-state index < -0.39 is 0 Å². The van der Waals surface area contributed by atoms with Crippen molar-refractivity contribution in [1.82, 2.24) is 4.90 Å². The molecule has 2 aromatic carbocycles. The summed E-state index contributed by atoms with van der Waals surface area (Å²) in [5.74, 6) is 1.60. The molecular weight excluding hydrogens is 360 g/mol. The van der Waals surface area contributed by atoms with E-state index in [4.69, 9.17) is 16.3 Å². The number of halogens is 1. The topological polar surface area (TPSA) is 32.8 Å². The lowest BCUT2D eigenvalue weighted by Gasteiger charge is -2.38. The Morgan fingerprint density at radius 1 is 1.04 bits per heavy atom. The van der Waals surface area contributed by atoms with Crippen LogP contribution in [0.2, 0.25) is 5.02 Å². The van der Waals surface area contributed by atoms with Crippen molar-refractivity contribution < 1.29 is 9.53 Å². The third-order valence-corrected chi connectivity index (χ3v) is 5.86. The van der Waals surface area contributed by atoms with Gasteiger partial charge in [-0.15, -0.1) is 0 Å². The molecule has 0 N–H and O–H groups in total. The van der Waals surface area contributed by atoms with Gasteiger partial charge in [0, 0.05) is 31.2 Å². The summed E-state index contributed by atoms with van der Waals surface area (Å²) in [6.45, 7) is 3.13. The molecule has 1 aliphatic heterocycles. The van der Waals surface area contributed by atoms with Gasteiger partial charge in [-0.1, -0.05) is 35.9 Å². The van der Waals surface area contributed by atoms with Crippen LogP contribution in [0.5, 0.6) is 5.75 Å². The maximum Gasteiger partial charge on any atom is 0.230 e. The lowest BCUT2D eigenvalue weighted by Crippen LogP contribution is -2.50. The summed E-state index contributed by atoms with van der Waals surface area (Å²) in [4.78, 5) is 17.6. The second-order valence-corrected chi connectivity index (χ2v) is 7.79. The van der Waals surface area contributed by atoms with Gasteiger partial charge in [0.25, 0.3) is 0 Å². The zero-order chi connectivity index (χ0) is 18.8. The zero-order valence-corrected chi connectivity index (χ0v) is 16.4. The molecule has 0 bridgehead atoms. The minimum absolute atomic E-state index is 0.0277. The molecule has 1 amide bonds. The third-order valence-electron chi connectivity index (χ3n) is 5.61. The molecule has 1 unspecified atom stereocenters. The Morgan fingerprint density at radius 3 is 2.33 bits per heavy atom. The first kappa shape index (κ1) is 18.2. The average molecular weight is 385 g/mol. The number of methoxy groups -OCH3 is 1. The van der Waals surface area contributed by atoms with E-state index >= 15 is 0 Å². The highest BCUT2D eigenvalue weighted by Crippen LogP contribution is 2.44. The molecular formula is C22H25ClN2O2. The molecule has 0 aromatic heterocycles. The number of anilines is 1. The summed E-state index contributed by atoms with van der Waals surface area (Å²) in [6, 6.07) is 15.9. The molecule has 5 heteroatoms. The zero-order valence-electron chi connectivity index (χ0n) is 15.6. The van der Waals surface area contributed by atoms with Crippen LogP contribution in [-0.2, 0) is 4.79 Å². The molecule has 0 radical (unpaired) electrons. The number of para-hydroxylation sites is 2. The number of hydrogen-bond acceptors (Lipinski definition) is 3. The van der Waals surface area contributed by atoms with Crippen LogP contribution in [0.3, 0.4) is 0 Å². The summed E-state index contributed by atoms with van der Waals surface area (Å²) in [5.41, 5.74) is 2.20. The monoisotopic (exact) mass is 384 g/mol. The van der Waals surface area contributed by atoms with Gasteiger partial charge in [-0.2, -0.15) is 0 Å². The number of nitrogens with zero attached hydrogens (tertiary/aromatic N) is 2. The van der Waals surface area contributed by atoms with Crippen molar-refractivity contribution in [1.29, 1.82) is 0 Å². The molecule has 2 aliphatic rings. The summed E-state index contributed by atoms with van der Waals surface area (Å²) in [5, 5.41) is 0.714. The van der Waals surface area contributed by atoms with Crippen molar-refractivity contribution in [3.63, 3.8) is 0 Å². The largest absolute Gasteiger partial charge is 0.495 e. The van der Waals surface area contributed by atoms with E-state index in [0.29, 0.717) is 10.9 Å². The van der Waals surface area contributed by atoms with Gasteiger partial charge in [-0.05, 0) is 48.6 Å². The van der Waals surface area contributed by atoms with E-state index in [1.54, 1.807) is 7.11 Å². The Labute approximate surface area is 165 Å². The van der Waals surface area contributed by atoms with Gasteiger partial charge in [0.05, 0.1) is 18.7 Å². The maximum atomic E-state index is 13.3. The van der Waals surface area contributed by atoms with Crippen molar-refractivity contribution in [2.75, 3.05) is 38.2 Å². The number of amides is 1. The average Bonchev–Trinajstić information content (AvgIpc) is 3.55. The van der Waals surface area contributed by atoms with Gasteiger partial charge >= 0.3 is 0 Å². The van der Waals surface area contributed by atoms with Gasteiger partial charge < -0.3 is 14.5 Å². The minimum Gasteiger partial charge on any atom is -0.495 e. The van der Waals surface area contributed by atoms with E-state index in [9.17, 15) is 4.79 Å². The van der Waals surface area contributed by atoms with E-state index in [-0.39, 0.29) is 11.8 Å². The van der Waals surface area contributed by atoms with Crippen LogP contribution in [0.15, 0.2) is 48.5 Å². The van der Waals surface area contributed by atoms with Crippen LogP contribution in [-0.4, -0.2) is 44.1 Å². The highest BCUT2D eigenvalue weighted by Gasteiger charge is 2.40. The predicted octanol–water partition coefficient (Wildman–Crippen LogP) is 4.19. The molecule has 2 fully saturated rings. The van der Waals surface area contributed by atoms with Crippen molar-refractivity contribution in [3.05, 3.63) is 59.1 Å². The first-order valence-electron chi connectivity index (χ1n) is 9.59. The van der Waals surface area contributed by atoms with Crippen LogP contribution in [0.1, 0.15) is 24.3 Å². The number of benzene rings is 2. The Hall–Kier alpha value is -2.20. The van der Waals surface area contributed by atoms with Crippen LogP contribution >= 0.6 is 11.6 Å². The molecule has 1 heterocycles. The number of piperazine rings is 1. The number of carbonyl (C=O) groups excluding carboxylic acids is 1. The first-order valence-corrected chi connectivity index (χ1v) is 9.97. The second kappa shape index (κ2) is 7.81. The van der Waals surface area contributed by atoms with E-state index in [0.717, 1.165) is 56.0 Å². The highest BCUT2D eigenvalue weighted by molar-refractivity contribution is 6.30. The Bertz CT molecular complexity index is 796. The van der Waals surface area contributed by atoms with Gasteiger partial charge in [0.2, 0.25) is 5.91 Å². The van der Waals surface area contributed by atoms with Crippen LogP contribution in [0.4, 0.5) is 5.69 Å². The molecule has 2 aromatic rings. The summed E-state index contributed by atoms with van der Waals surface area (Å²) in [7, 11) is 1.70. The number of hydrogen-bond donors (Lipinski definition) is 0. The van der Waals surface area contributed by atoms with Crippen molar-refractivity contribution in [2.24, 2.45) is 5.92 Å². The van der Waals surface area contributed by atoms with Gasteiger partial charge in [0.1, 0.15) is 5.75 Å². The maximum absolute atomic E-state index is 13.3. The number of rotatable bonds is 5. The molecule has 1 saturated heterocycles. The van der Waals surface area contributed by atoms with E-state index in [1.165, 1.54) is 0 Å². The van der Waals surface area contributed by atoms with Crippen molar-refractivity contribution >= 4 is 23.2 Å². The highest BCUT2D eigenvalue weighted by atomic mass is 35.5. The molecule has 1 atom stereocenters. The number of ether oxygens (including phenoxy) is 1. The van der Waals surface area contributed by atoms with Gasteiger partial charge in [0.15, 0.2) is 0 Å². The van der Waals surface area contributed by atoms with Gasteiger partial charge in [-0.25, -0.2) is 0 Å². The van der Waals surface area contributed by atoms with Crippen LogP contribution < -0.4 is 9.64 Å². The molecule has 4 rings (SSSR count). The summed E-state index contributed by atoms with van der Waals surface area (Å²) >= 11 is 6.03. The van der Waals surface area contributed by atoms with Crippen LogP contribution in [0, 0.1) is 5.92 Å². The number of carbonyl (C=O) groups is 1. The summed E-state index contributed by atoms with van der Waals surface area (Å²) < 4.78 is 5.49. The lowest BCUT2D eigenvalue weighted by molar-refractivity contribution is -0.133. The Balaban J connectivity index is 1.45. The van der Waals surface area contributed by atoms with Crippen LogP contribution in [0.25, 0.3) is 0 Å². The molecule has 1 aliphatic carbocycles. The fourth-order valence-electron chi connectivity index (χ4n) is 3.97. The predicted molar refractivity (Wildman–Crippen MR) is 109 cm³/mol. The summed E-state index contributed by atoms with van der Waals surface area (Å²) in [6.07, 6.45) is 2.28. The minimum atomic E-state index is -0.0277. The molecule has 1 saturated carbocycles. The van der Waals surface area contributed by atoms with Crippen molar-refractivity contribution in [2.45, 2.75) is 18.8 Å². The fraction of sp³-hybridized carbons (Fsp3) is 0.409. The lowest BCUT2D eigenvalue weighted by atomic mass is 9.92. The smallest absolute Gasteiger partial charge is 0.230 e. The quantitative estimate of drug-likeness (QED) is 0.774. The van der Waals surface area contributed by atoms with E-state index in [1.807, 2.05) is 47.4 Å². The molecule has 27 heavy (non-hydrogen) atoms. The SMILES string of the molecule is COc1ccccc1N1CCN(C(=O)C(c2ccc(Cl)cc2)C2CC2)CC1. The third kappa shape index (κ3) is 3.91. The normalized spacial score (nSPS) is 18.3. The Morgan fingerprint density at radius 2 is 1.70 bits per heavy atom. The van der Waals surface area contributed by atoms with E-state index in [2.05, 4.69) is 11.0 Å². The standard InChI is InChI=1S/C22H25ClN2O2/c1-27-20-5-3-2-4-19(20)24-12-14-25(15-13-24)22(26)21(16-6-7-16)17-8-10-18(23)11-9-17/h2-5,8-11,16,21H,6-7,12-15H2,1H3.